The molecule has 84 valence electrons. The molecule has 0 aliphatic heterocycles. The molecule has 0 spiro atoms. The van der Waals surface area contributed by atoms with E-state index in [-0.39, 0.29) is 0 Å². The van der Waals surface area contributed by atoms with Gasteiger partial charge in [0.2, 0.25) is 0 Å². The van der Waals surface area contributed by atoms with Crippen LogP contribution >= 0.6 is 0 Å². The Balaban J connectivity index is -0.000000266. The van der Waals surface area contributed by atoms with Gasteiger partial charge in [0.15, 0.2) is 0 Å². The molecule has 1 heteroatoms. The van der Waals surface area contributed by atoms with Crippen molar-refractivity contribution in [1.82, 2.24) is 0 Å². The fourth-order valence-corrected chi connectivity index (χ4v) is 0.657. The van der Waals surface area contributed by atoms with Crippen LogP contribution in [-0.2, 0) is 0 Å². The van der Waals surface area contributed by atoms with Gasteiger partial charge < -0.3 is 5.73 Å². The largest absolute Gasteiger partial charge is 0.399 e. The molecule has 0 fully saturated rings. The summed E-state index contributed by atoms with van der Waals surface area (Å²) in [7, 11) is 0. The van der Waals surface area contributed by atoms with Crippen LogP contribution in [0.25, 0.3) is 0 Å². The van der Waals surface area contributed by atoms with Crippen LogP contribution in [0.4, 0.5) is 0 Å². The molecule has 0 radical (unpaired) electrons. The lowest BCUT2D eigenvalue weighted by Gasteiger charge is -1.95. The molecule has 0 aromatic carbocycles. The van der Waals surface area contributed by atoms with E-state index >= 15 is 0 Å². The second-order valence-electron chi connectivity index (χ2n) is 2.14. The maximum atomic E-state index is 5.66. The highest BCUT2D eigenvalue weighted by atomic mass is 14.6. The van der Waals surface area contributed by atoms with E-state index in [4.69, 9.17) is 5.73 Å². The Hall–Kier alpha value is -0.980. The van der Waals surface area contributed by atoms with Gasteiger partial charge in [-0.25, -0.2) is 0 Å². The molecule has 1 nitrogen and oxygen atoms in total. The molecule has 0 saturated heterocycles. The highest BCUT2D eigenvalue weighted by Crippen LogP contribution is 2.00. The highest BCUT2D eigenvalue weighted by molar-refractivity contribution is 5.28. The van der Waals surface area contributed by atoms with E-state index in [9.17, 15) is 0 Å². The maximum absolute atomic E-state index is 5.66. The average molecular weight is 197 g/mol. The van der Waals surface area contributed by atoms with Crippen LogP contribution < -0.4 is 5.73 Å². The predicted octanol–water partition coefficient (Wildman–Crippen LogP) is 4.42. The molecule has 0 bridgehead atoms. The third-order valence-electron chi connectivity index (χ3n) is 1.22. The first-order valence-electron chi connectivity index (χ1n) is 5.44. The minimum Gasteiger partial charge on any atom is -0.399 e. The van der Waals surface area contributed by atoms with Crippen LogP contribution in [0, 0.1) is 0 Å². The van der Waals surface area contributed by atoms with Gasteiger partial charge in [0.25, 0.3) is 0 Å². The molecule has 2 N–H and O–H groups in total. The summed E-state index contributed by atoms with van der Waals surface area (Å²) < 4.78 is 0. The third-order valence-corrected chi connectivity index (χ3v) is 1.22. The van der Waals surface area contributed by atoms with E-state index in [1.807, 2.05) is 72.8 Å². The van der Waals surface area contributed by atoms with Gasteiger partial charge in [0, 0.05) is 5.70 Å². The van der Waals surface area contributed by atoms with Crippen LogP contribution in [0.15, 0.2) is 35.6 Å². The molecule has 0 saturated carbocycles. The van der Waals surface area contributed by atoms with E-state index in [1.165, 1.54) is 0 Å². The van der Waals surface area contributed by atoms with E-state index in [0.29, 0.717) is 0 Å². The first-order chi connectivity index (χ1) is 6.72. The van der Waals surface area contributed by atoms with Crippen molar-refractivity contribution in [2.45, 2.75) is 48.5 Å². The Labute approximate surface area is 90.4 Å². The van der Waals surface area contributed by atoms with Crippen molar-refractivity contribution in [1.29, 1.82) is 0 Å². The Morgan fingerprint density at radius 2 is 1.21 bits per heavy atom. The average Bonchev–Trinajstić information content (AvgIpc) is 2.24. The second kappa shape index (κ2) is 17.9. The van der Waals surface area contributed by atoms with E-state index < -0.39 is 0 Å². The van der Waals surface area contributed by atoms with Crippen molar-refractivity contribution >= 4 is 0 Å². The van der Waals surface area contributed by atoms with E-state index in [2.05, 4.69) is 0 Å². The van der Waals surface area contributed by atoms with Crippen molar-refractivity contribution in [3.8, 4) is 0 Å². The summed E-state index contributed by atoms with van der Waals surface area (Å²) in [5, 5.41) is 0. The summed E-state index contributed by atoms with van der Waals surface area (Å²) in [6.07, 6.45) is 7.80. The molecule has 14 heavy (non-hydrogen) atoms. The molecule has 0 heterocycles. The van der Waals surface area contributed by atoms with Gasteiger partial charge in [-0.15, -0.1) is 0 Å². The van der Waals surface area contributed by atoms with Gasteiger partial charge >= 0.3 is 0 Å². The van der Waals surface area contributed by atoms with Gasteiger partial charge in [-0.3, -0.25) is 0 Å². The Kier molecular flexibility index (Phi) is 24.0. The number of allylic oxidation sites excluding steroid dienone is 5. The zero-order chi connectivity index (χ0) is 12.0. The maximum Gasteiger partial charge on any atom is 0.0340 e. The lowest BCUT2D eigenvalue weighted by molar-refractivity contribution is 1.31. The first kappa shape index (κ1) is 18.7. The monoisotopic (exact) mass is 197 g/mol. The summed E-state index contributed by atoms with van der Waals surface area (Å²) in [5.41, 5.74) is 7.60. The number of nitrogens with two attached hydrogens (primary N) is 1. The first-order valence-corrected chi connectivity index (χ1v) is 5.44. The fourth-order valence-electron chi connectivity index (χ4n) is 0.657. The zero-order valence-electron chi connectivity index (χ0n) is 10.9. The quantitative estimate of drug-likeness (QED) is 0.651. The lowest BCUT2D eigenvalue weighted by atomic mass is 10.2. The van der Waals surface area contributed by atoms with Crippen molar-refractivity contribution in [3.05, 3.63) is 35.6 Å². The molecule has 0 aromatic heterocycles. The van der Waals surface area contributed by atoms with Gasteiger partial charge in [-0.05, 0) is 32.4 Å². The van der Waals surface area contributed by atoms with Crippen molar-refractivity contribution in [3.63, 3.8) is 0 Å². The topological polar surface area (TPSA) is 26.0 Å². The highest BCUT2D eigenvalue weighted by Gasteiger charge is 1.85. The molecule has 0 amide bonds. The van der Waals surface area contributed by atoms with Crippen molar-refractivity contribution < 1.29 is 0 Å². The number of hydrogen-bond acceptors (Lipinski definition) is 1. The van der Waals surface area contributed by atoms with Gasteiger partial charge in [0.05, 0.1) is 0 Å². The minimum atomic E-state index is 0.834. The molecule has 0 atom stereocenters. The summed E-state index contributed by atoms with van der Waals surface area (Å²) in [5.74, 6) is 0. The lowest BCUT2D eigenvalue weighted by Crippen LogP contribution is -1.95. The minimum absolute atomic E-state index is 0.834. The zero-order valence-corrected chi connectivity index (χ0v) is 10.9. The van der Waals surface area contributed by atoms with Crippen LogP contribution in [0.2, 0.25) is 0 Å². The van der Waals surface area contributed by atoms with Gasteiger partial charge in [-0.1, -0.05) is 45.9 Å². The summed E-state index contributed by atoms with van der Waals surface area (Å²) in [6, 6.07) is 0. The SMILES string of the molecule is CC.CC.C\C=C/C(C)=C(N)\C=C/C. The molecular weight excluding hydrogens is 170 g/mol. The van der Waals surface area contributed by atoms with Gasteiger partial charge in [0.1, 0.15) is 0 Å². The van der Waals surface area contributed by atoms with Crippen molar-refractivity contribution in [2.75, 3.05) is 0 Å². The smallest absolute Gasteiger partial charge is 0.0340 e. The molecule has 0 aliphatic carbocycles. The van der Waals surface area contributed by atoms with E-state index in [0.717, 1.165) is 11.3 Å². The third kappa shape index (κ3) is 13.6. The Bertz CT molecular complexity index is 154. The standard InChI is InChI=1S/C9H15N.2C2H6/c1-4-6-8(3)9(10)7-5-2;2*1-2/h4-7H,10H2,1-3H3;2*1-2H3/b6-4-,7-5-,9-8+;;. The second-order valence-corrected chi connectivity index (χ2v) is 2.14. The van der Waals surface area contributed by atoms with Crippen LogP contribution in [0.3, 0.4) is 0 Å². The van der Waals surface area contributed by atoms with Crippen LogP contribution in [0.5, 0.6) is 0 Å². The molecule has 0 aliphatic rings. The summed E-state index contributed by atoms with van der Waals surface area (Å²) in [6.45, 7) is 13.9. The summed E-state index contributed by atoms with van der Waals surface area (Å²) >= 11 is 0. The normalized spacial score (nSPS) is 11.4. The molecular formula is C13H27N. The van der Waals surface area contributed by atoms with Gasteiger partial charge in [-0.2, -0.15) is 0 Å². The predicted molar refractivity (Wildman–Crippen MR) is 69.2 cm³/mol. The van der Waals surface area contributed by atoms with Crippen LogP contribution in [0.1, 0.15) is 48.5 Å². The molecule has 0 unspecified atom stereocenters. The van der Waals surface area contributed by atoms with E-state index in [1.54, 1.807) is 0 Å². The van der Waals surface area contributed by atoms with Crippen LogP contribution in [-0.4, -0.2) is 0 Å². The molecule has 0 rings (SSSR count). The molecule has 0 aromatic rings. The fraction of sp³-hybridized carbons (Fsp3) is 0.538. The van der Waals surface area contributed by atoms with Crippen molar-refractivity contribution in [2.24, 2.45) is 5.73 Å². The Morgan fingerprint density at radius 1 is 0.857 bits per heavy atom. The summed E-state index contributed by atoms with van der Waals surface area (Å²) in [4.78, 5) is 0. The number of hydrogen-bond donors (Lipinski definition) is 1. The number of rotatable bonds is 2. The Morgan fingerprint density at radius 3 is 1.50 bits per heavy atom.